The average Bonchev–Trinajstić information content (AvgIpc) is 3.59. The van der Waals surface area contributed by atoms with Crippen molar-refractivity contribution in [3.63, 3.8) is 0 Å². The Hall–Kier alpha value is -3.91. The van der Waals surface area contributed by atoms with Crippen molar-refractivity contribution < 1.29 is 19.1 Å². The molecule has 3 aromatic rings. The number of anilines is 2. The van der Waals surface area contributed by atoms with E-state index in [-0.39, 0.29) is 18.4 Å². The first-order valence-corrected chi connectivity index (χ1v) is 16.2. The van der Waals surface area contributed by atoms with Crippen molar-refractivity contribution in [3.8, 4) is 16.9 Å². The Balaban J connectivity index is 1.53. The fourth-order valence-corrected chi connectivity index (χ4v) is 6.20. The van der Waals surface area contributed by atoms with Crippen molar-refractivity contribution in [2.24, 2.45) is 0 Å². The Morgan fingerprint density at radius 3 is 2.36 bits per heavy atom. The lowest BCUT2D eigenvalue weighted by Gasteiger charge is -2.30. The lowest BCUT2D eigenvalue weighted by molar-refractivity contribution is -0.122. The number of ether oxygens (including phenoxy) is 2. The summed E-state index contributed by atoms with van der Waals surface area (Å²) in [6, 6.07) is 16.0. The molecule has 1 aromatic heterocycles. The number of pyridine rings is 1. The molecule has 0 saturated carbocycles. The number of fused-ring (bicyclic) bond motifs is 1. The molecular formula is C36H46N4O4. The average molecular weight is 599 g/mol. The third-order valence-corrected chi connectivity index (χ3v) is 8.51. The highest BCUT2D eigenvalue weighted by molar-refractivity contribution is 5.97. The summed E-state index contributed by atoms with van der Waals surface area (Å²) >= 11 is 0. The molecule has 0 spiro atoms. The van der Waals surface area contributed by atoms with Crippen LogP contribution in [0.1, 0.15) is 74.2 Å². The highest BCUT2D eigenvalue weighted by Gasteiger charge is 2.25. The van der Waals surface area contributed by atoms with Crippen LogP contribution in [0, 0.1) is 0 Å². The second-order valence-corrected chi connectivity index (χ2v) is 11.8. The Bertz CT molecular complexity index is 1390. The first-order chi connectivity index (χ1) is 21.6. The molecule has 0 atom stereocenters. The van der Waals surface area contributed by atoms with Crippen molar-refractivity contribution in [1.82, 2.24) is 9.88 Å². The van der Waals surface area contributed by atoms with Gasteiger partial charge in [-0.15, -0.1) is 0 Å². The summed E-state index contributed by atoms with van der Waals surface area (Å²) in [6.07, 6.45) is 11.8. The van der Waals surface area contributed by atoms with Gasteiger partial charge in [0.1, 0.15) is 12.4 Å². The molecule has 8 nitrogen and oxygen atoms in total. The Kier molecular flexibility index (Phi) is 11.2. The van der Waals surface area contributed by atoms with Crippen molar-refractivity contribution in [1.29, 1.82) is 0 Å². The van der Waals surface area contributed by atoms with Crippen molar-refractivity contribution in [2.75, 3.05) is 56.3 Å². The maximum atomic E-state index is 14.3. The van der Waals surface area contributed by atoms with E-state index in [4.69, 9.17) is 9.47 Å². The summed E-state index contributed by atoms with van der Waals surface area (Å²) in [5.74, 6) is 0.769. The van der Waals surface area contributed by atoms with Crippen molar-refractivity contribution >= 4 is 23.2 Å². The zero-order chi connectivity index (χ0) is 30.7. The Morgan fingerprint density at radius 1 is 0.841 bits per heavy atom. The van der Waals surface area contributed by atoms with Crippen LogP contribution in [0.25, 0.3) is 11.1 Å². The normalized spacial score (nSPS) is 16.2. The van der Waals surface area contributed by atoms with Gasteiger partial charge in [0, 0.05) is 63.5 Å². The molecule has 0 radical (unpaired) electrons. The maximum Gasteiger partial charge on any atom is 0.254 e. The molecule has 0 bridgehead atoms. The summed E-state index contributed by atoms with van der Waals surface area (Å²) in [6.45, 7) is 6.37. The third kappa shape index (κ3) is 7.78. The van der Waals surface area contributed by atoms with Crippen molar-refractivity contribution in [2.45, 2.75) is 64.8 Å². The minimum Gasteiger partial charge on any atom is -0.491 e. The predicted octanol–water partition coefficient (Wildman–Crippen LogP) is 6.72. The lowest BCUT2D eigenvalue weighted by Crippen LogP contribution is -2.37. The SMILES string of the molecule is CCCOc1ccc(C(=O)N2CCCCCCCN(C(=O)COC)c3ccc(-c4cccnc4)cc3C2)cc1N1CCCC1. The number of aromatic nitrogens is 1. The molecule has 0 N–H and O–H groups in total. The summed E-state index contributed by atoms with van der Waals surface area (Å²) in [4.78, 5) is 38.1. The predicted molar refractivity (Wildman–Crippen MR) is 175 cm³/mol. The van der Waals surface area contributed by atoms with Crippen LogP contribution in [-0.4, -0.2) is 68.2 Å². The van der Waals surface area contributed by atoms with E-state index < -0.39 is 0 Å². The quantitative estimate of drug-likeness (QED) is 0.287. The summed E-state index contributed by atoms with van der Waals surface area (Å²) in [7, 11) is 1.55. The molecule has 44 heavy (non-hydrogen) atoms. The molecule has 1 saturated heterocycles. The molecule has 0 unspecified atom stereocenters. The number of hydrogen-bond acceptors (Lipinski definition) is 6. The number of carbonyl (C=O) groups is 2. The molecule has 1 fully saturated rings. The molecule has 2 aliphatic rings. The number of hydrogen-bond donors (Lipinski definition) is 0. The van der Waals surface area contributed by atoms with Gasteiger partial charge in [0.2, 0.25) is 0 Å². The van der Waals surface area contributed by atoms with Crippen LogP contribution in [0.3, 0.4) is 0 Å². The fraction of sp³-hybridized carbons (Fsp3) is 0.472. The third-order valence-electron chi connectivity index (χ3n) is 8.51. The standard InChI is InChI=1S/C36H46N4O4/c1-3-22-44-34-16-14-29(24-33(34)38-18-9-10-19-38)36(42)39-20-7-5-4-6-8-21-40(35(41)27-43-2)32-15-13-28(23-31(32)26-39)30-12-11-17-37-25-30/h11-17,23-25H,3-10,18-22,26-27H2,1-2H3. The molecule has 5 rings (SSSR count). The second-order valence-electron chi connectivity index (χ2n) is 11.8. The zero-order valence-corrected chi connectivity index (χ0v) is 26.3. The number of carbonyl (C=O) groups excluding carboxylic acids is 2. The van der Waals surface area contributed by atoms with Crippen molar-refractivity contribution in [3.05, 3.63) is 72.1 Å². The first kappa shape index (κ1) is 31.5. The number of benzene rings is 2. The highest BCUT2D eigenvalue weighted by Crippen LogP contribution is 2.34. The van der Waals surface area contributed by atoms with Crippen LogP contribution >= 0.6 is 0 Å². The minimum absolute atomic E-state index is 0.00273. The van der Waals surface area contributed by atoms with Gasteiger partial charge in [-0.05, 0) is 85.2 Å². The van der Waals surface area contributed by atoms with Gasteiger partial charge in [0.05, 0.1) is 12.3 Å². The van der Waals surface area contributed by atoms with E-state index in [1.54, 1.807) is 13.3 Å². The fourth-order valence-electron chi connectivity index (χ4n) is 6.20. The Labute approximate surface area is 262 Å². The van der Waals surface area contributed by atoms with E-state index in [0.29, 0.717) is 31.8 Å². The molecule has 0 aliphatic carbocycles. The number of nitrogens with zero attached hydrogens (tertiary/aromatic N) is 4. The number of amides is 2. The van der Waals surface area contributed by atoms with Crippen LogP contribution in [-0.2, 0) is 16.1 Å². The van der Waals surface area contributed by atoms with E-state index in [0.717, 1.165) is 98.3 Å². The molecule has 8 heteroatoms. The van der Waals surface area contributed by atoms with E-state index in [2.05, 4.69) is 22.9 Å². The van der Waals surface area contributed by atoms with Gasteiger partial charge >= 0.3 is 0 Å². The number of methoxy groups -OCH3 is 1. The van der Waals surface area contributed by atoms with Gasteiger partial charge < -0.3 is 24.2 Å². The van der Waals surface area contributed by atoms with E-state index in [9.17, 15) is 9.59 Å². The molecule has 2 aromatic carbocycles. The minimum atomic E-state index is -0.0734. The monoisotopic (exact) mass is 598 g/mol. The van der Waals surface area contributed by atoms with Gasteiger partial charge in [0.15, 0.2) is 0 Å². The summed E-state index contributed by atoms with van der Waals surface area (Å²) in [5.41, 5.74) is 5.44. The van der Waals surface area contributed by atoms with Gasteiger partial charge in [-0.3, -0.25) is 14.6 Å². The topological polar surface area (TPSA) is 75.2 Å². The highest BCUT2D eigenvalue weighted by atomic mass is 16.5. The second kappa shape index (κ2) is 15.7. The van der Waals surface area contributed by atoms with Gasteiger partial charge in [0.25, 0.3) is 11.8 Å². The molecule has 2 amide bonds. The van der Waals surface area contributed by atoms with Crippen LogP contribution in [0.15, 0.2) is 60.9 Å². The van der Waals surface area contributed by atoms with Gasteiger partial charge in [-0.2, -0.15) is 0 Å². The van der Waals surface area contributed by atoms with Crippen LogP contribution < -0.4 is 14.5 Å². The lowest BCUT2D eigenvalue weighted by atomic mass is 10.0. The smallest absolute Gasteiger partial charge is 0.254 e. The Morgan fingerprint density at radius 2 is 1.61 bits per heavy atom. The van der Waals surface area contributed by atoms with Crippen LogP contribution in [0.4, 0.5) is 11.4 Å². The molecule has 2 aliphatic heterocycles. The van der Waals surface area contributed by atoms with Crippen LogP contribution in [0.2, 0.25) is 0 Å². The van der Waals surface area contributed by atoms with E-state index >= 15 is 0 Å². The zero-order valence-electron chi connectivity index (χ0n) is 26.3. The molecule has 234 valence electrons. The first-order valence-electron chi connectivity index (χ1n) is 16.2. The molecular weight excluding hydrogens is 552 g/mol. The maximum absolute atomic E-state index is 14.3. The summed E-state index contributed by atoms with van der Waals surface area (Å²) in [5, 5.41) is 0. The van der Waals surface area contributed by atoms with E-state index in [1.165, 1.54) is 0 Å². The summed E-state index contributed by atoms with van der Waals surface area (Å²) < 4.78 is 11.4. The van der Waals surface area contributed by atoms with Gasteiger partial charge in [-0.25, -0.2) is 0 Å². The van der Waals surface area contributed by atoms with Crippen LogP contribution in [0.5, 0.6) is 5.75 Å². The molecule has 3 heterocycles. The number of rotatable bonds is 8. The van der Waals surface area contributed by atoms with Gasteiger partial charge in [-0.1, -0.05) is 38.3 Å². The van der Waals surface area contributed by atoms with E-state index in [1.807, 2.05) is 58.5 Å². The largest absolute Gasteiger partial charge is 0.491 e.